The van der Waals surface area contributed by atoms with E-state index >= 15 is 0 Å². The van der Waals surface area contributed by atoms with Crippen LogP contribution in [0.15, 0.2) is 48.8 Å². The summed E-state index contributed by atoms with van der Waals surface area (Å²) in [5.41, 5.74) is 5.83. The van der Waals surface area contributed by atoms with Crippen LogP contribution in [0.2, 0.25) is 0 Å². The Morgan fingerprint density at radius 3 is 2.34 bits per heavy atom. The summed E-state index contributed by atoms with van der Waals surface area (Å²) in [4.78, 5) is 18.3. The first-order valence-corrected chi connectivity index (χ1v) is 13.9. The van der Waals surface area contributed by atoms with E-state index in [2.05, 4.69) is 45.3 Å². The van der Waals surface area contributed by atoms with Gasteiger partial charge in [0, 0.05) is 56.2 Å². The Morgan fingerprint density at radius 1 is 1.03 bits per heavy atom. The van der Waals surface area contributed by atoms with Crippen molar-refractivity contribution in [1.82, 2.24) is 20.0 Å². The number of rotatable bonds is 8. The number of ether oxygens (including phenoxy) is 1. The molecule has 206 valence electrons. The number of anilines is 1. The molecule has 1 atom stereocenters. The van der Waals surface area contributed by atoms with Crippen LogP contribution in [0.3, 0.4) is 0 Å². The van der Waals surface area contributed by atoms with Gasteiger partial charge in [-0.25, -0.2) is 0 Å². The predicted octanol–water partition coefficient (Wildman–Crippen LogP) is 5.84. The highest BCUT2D eigenvalue weighted by atomic mass is 16.5. The van der Waals surface area contributed by atoms with Crippen molar-refractivity contribution in [2.45, 2.75) is 60.6 Å². The second-order valence-electron chi connectivity index (χ2n) is 9.98. The van der Waals surface area contributed by atoms with Gasteiger partial charge in [0.25, 0.3) is 5.91 Å². The summed E-state index contributed by atoms with van der Waals surface area (Å²) >= 11 is 0. The molecule has 3 aromatic rings. The minimum Gasteiger partial charge on any atom is -0.491 e. The molecule has 1 aliphatic rings. The minimum absolute atomic E-state index is 0.0523. The highest BCUT2D eigenvalue weighted by Gasteiger charge is 2.20. The third kappa shape index (κ3) is 7.38. The van der Waals surface area contributed by atoms with Gasteiger partial charge in [-0.2, -0.15) is 5.10 Å². The molecule has 1 saturated heterocycles. The van der Waals surface area contributed by atoms with Gasteiger partial charge in [0.05, 0.1) is 18.3 Å². The third-order valence-corrected chi connectivity index (χ3v) is 6.84. The maximum Gasteiger partial charge on any atom is 0.252 e. The fraction of sp³-hybridized carbons (Fsp3) is 0.484. The smallest absolute Gasteiger partial charge is 0.252 e. The Morgan fingerprint density at radius 2 is 1.74 bits per heavy atom. The standard InChI is InChI=1S/C29H39N5O2.C2H6/c1-7-33-10-12-34(13-11-33)26-9-8-21(4)28(17-26)29(35)31-22(5)23-14-24(25-18-30-32(6)19-25)16-27(15-23)36-20(2)3;1-2/h8-9,14-20,22H,7,10-13H2,1-6H3,(H,31,35);1-2H3. The number of hydrogen-bond donors (Lipinski definition) is 1. The molecule has 1 aromatic heterocycles. The van der Waals surface area contributed by atoms with Gasteiger partial charge in [0.2, 0.25) is 0 Å². The number of amides is 1. The summed E-state index contributed by atoms with van der Waals surface area (Å²) in [7, 11) is 1.90. The number of aryl methyl sites for hydroxylation is 2. The van der Waals surface area contributed by atoms with Gasteiger partial charge in [-0.3, -0.25) is 9.48 Å². The molecule has 2 aromatic carbocycles. The van der Waals surface area contributed by atoms with E-state index in [4.69, 9.17) is 4.74 Å². The Kier molecular flexibility index (Phi) is 10.4. The van der Waals surface area contributed by atoms with Crippen LogP contribution < -0.4 is 15.0 Å². The average molecular weight is 520 g/mol. The number of nitrogens with zero attached hydrogens (tertiary/aromatic N) is 4. The minimum atomic E-state index is -0.195. The molecular formula is C31H45N5O2. The van der Waals surface area contributed by atoms with Crippen LogP contribution >= 0.6 is 0 Å². The highest BCUT2D eigenvalue weighted by Crippen LogP contribution is 2.30. The molecule has 0 aliphatic carbocycles. The number of carbonyl (C=O) groups is 1. The zero-order valence-corrected chi connectivity index (χ0v) is 24.4. The zero-order chi connectivity index (χ0) is 27.8. The van der Waals surface area contributed by atoms with E-state index in [-0.39, 0.29) is 18.1 Å². The van der Waals surface area contributed by atoms with Gasteiger partial charge in [-0.1, -0.05) is 26.8 Å². The lowest BCUT2D eigenvalue weighted by Crippen LogP contribution is -2.46. The molecule has 38 heavy (non-hydrogen) atoms. The Hall–Kier alpha value is -3.32. The molecular weight excluding hydrogens is 474 g/mol. The van der Waals surface area contributed by atoms with Crippen LogP contribution in [0.25, 0.3) is 11.1 Å². The first-order chi connectivity index (χ1) is 18.2. The normalized spacial score (nSPS) is 14.6. The summed E-state index contributed by atoms with van der Waals surface area (Å²) in [5, 5.41) is 7.53. The van der Waals surface area contributed by atoms with Gasteiger partial charge in [-0.05, 0) is 81.3 Å². The molecule has 0 radical (unpaired) electrons. The molecule has 4 rings (SSSR count). The topological polar surface area (TPSA) is 62.6 Å². The molecule has 7 heteroatoms. The summed E-state index contributed by atoms with van der Waals surface area (Å²) in [6.45, 7) is 19.4. The van der Waals surface area contributed by atoms with E-state index in [9.17, 15) is 4.79 Å². The summed E-state index contributed by atoms with van der Waals surface area (Å²) < 4.78 is 7.82. The van der Waals surface area contributed by atoms with Crippen molar-refractivity contribution < 1.29 is 9.53 Å². The summed E-state index contributed by atoms with van der Waals surface area (Å²) in [6.07, 6.45) is 3.88. The van der Waals surface area contributed by atoms with Crippen molar-refractivity contribution in [2.24, 2.45) is 7.05 Å². The van der Waals surface area contributed by atoms with Crippen molar-refractivity contribution >= 4 is 11.6 Å². The highest BCUT2D eigenvalue weighted by molar-refractivity contribution is 5.97. The molecule has 1 aliphatic heterocycles. The molecule has 0 spiro atoms. The lowest BCUT2D eigenvalue weighted by molar-refractivity contribution is 0.0939. The van der Waals surface area contributed by atoms with Gasteiger partial charge in [0.1, 0.15) is 5.75 Å². The number of piperazine rings is 1. The van der Waals surface area contributed by atoms with Crippen LogP contribution in [0.5, 0.6) is 5.75 Å². The fourth-order valence-electron chi connectivity index (χ4n) is 4.68. The molecule has 1 N–H and O–H groups in total. The van der Waals surface area contributed by atoms with Crippen molar-refractivity contribution in [3.05, 3.63) is 65.5 Å². The van der Waals surface area contributed by atoms with Gasteiger partial charge in [0.15, 0.2) is 0 Å². The first-order valence-electron chi connectivity index (χ1n) is 13.9. The van der Waals surface area contributed by atoms with Crippen LogP contribution in [0, 0.1) is 6.92 Å². The largest absolute Gasteiger partial charge is 0.491 e. The lowest BCUT2D eigenvalue weighted by atomic mass is 10.0. The maximum atomic E-state index is 13.4. The monoisotopic (exact) mass is 519 g/mol. The summed E-state index contributed by atoms with van der Waals surface area (Å²) in [5.74, 6) is 0.721. The predicted molar refractivity (Wildman–Crippen MR) is 157 cm³/mol. The van der Waals surface area contributed by atoms with Crippen LogP contribution in [-0.2, 0) is 7.05 Å². The Bertz CT molecular complexity index is 1190. The third-order valence-electron chi connectivity index (χ3n) is 6.84. The number of likely N-dealkylation sites (N-methyl/N-ethyl adjacent to an activating group) is 1. The van der Waals surface area contributed by atoms with Crippen molar-refractivity contribution in [1.29, 1.82) is 0 Å². The molecule has 7 nitrogen and oxygen atoms in total. The molecule has 0 saturated carbocycles. The van der Waals surface area contributed by atoms with E-state index in [1.54, 1.807) is 4.68 Å². The number of aromatic nitrogens is 2. The van der Waals surface area contributed by atoms with E-state index < -0.39 is 0 Å². The van der Waals surface area contributed by atoms with E-state index in [0.717, 1.165) is 72.0 Å². The number of benzene rings is 2. The summed E-state index contributed by atoms with van der Waals surface area (Å²) in [6, 6.07) is 12.2. The zero-order valence-electron chi connectivity index (χ0n) is 24.4. The van der Waals surface area contributed by atoms with E-state index in [1.807, 2.05) is 79.2 Å². The van der Waals surface area contributed by atoms with Crippen LogP contribution in [-0.4, -0.2) is 59.4 Å². The maximum absolute atomic E-state index is 13.4. The average Bonchev–Trinajstić information content (AvgIpc) is 3.36. The molecule has 2 heterocycles. The SMILES string of the molecule is CC.CCN1CCN(c2ccc(C)c(C(=O)NC(C)c3cc(OC(C)C)cc(-c4cnn(C)c4)c3)c2)CC1. The van der Waals surface area contributed by atoms with E-state index in [1.165, 1.54) is 0 Å². The van der Waals surface area contributed by atoms with Crippen molar-refractivity contribution in [3.8, 4) is 16.9 Å². The first kappa shape index (κ1) is 29.2. The Balaban J connectivity index is 0.00000195. The molecule has 1 unspecified atom stereocenters. The number of carbonyl (C=O) groups excluding carboxylic acids is 1. The van der Waals surface area contributed by atoms with Gasteiger partial charge >= 0.3 is 0 Å². The lowest BCUT2D eigenvalue weighted by Gasteiger charge is -2.35. The quantitative estimate of drug-likeness (QED) is 0.405. The number of hydrogen-bond acceptors (Lipinski definition) is 5. The molecule has 1 amide bonds. The fourth-order valence-corrected chi connectivity index (χ4v) is 4.68. The van der Waals surface area contributed by atoms with Crippen LogP contribution in [0.4, 0.5) is 5.69 Å². The van der Waals surface area contributed by atoms with Crippen LogP contribution in [0.1, 0.15) is 69.1 Å². The van der Waals surface area contributed by atoms with E-state index in [0.29, 0.717) is 0 Å². The second-order valence-corrected chi connectivity index (χ2v) is 9.98. The number of nitrogens with one attached hydrogen (secondary N) is 1. The van der Waals surface area contributed by atoms with Gasteiger partial charge in [-0.15, -0.1) is 0 Å². The molecule has 1 fully saturated rings. The van der Waals surface area contributed by atoms with Gasteiger partial charge < -0.3 is 19.9 Å². The molecule has 0 bridgehead atoms. The van der Waals surface area contributed by atoms with Crippen molar-refractivity contribution in [3.63, 3.8) is 0 Å². The van der Waals surface area contributed by atoms with Crippen molar-refractivity contribution in [2.75, 3.05) is 37.6 Å². The second kappa shape index (κ2) is 13.5. The Labute approximate surface area is 228 Å².